The second-order valence-corrected chi connectivity index (χ2v) is 5.23. The topological polar surface area (TPSA) is 40.7 Å². The van der Waals surface area contributed by atoms with Crippen molar-refractivity contribution in [2.45, 2.75) is 38.6 Å². The molecule has 2 aromatic rings. The van der Waals surface area contributed by atoms with Crippen molar-refractivity contribution in [1.82, 2.24) is 9.97 Å². The van der Waals surface area contributed by atoms with E-state index < -0.39 is 0 Å². The number of aromatic nitrogens is 2. The third kappa shape index (κ3) is 1.96. The largest absolute Gasteiger partial charge is 0.379 e. The van der Waals surface area contributed by atoms with E-state index in [-0.39, 0.29) is 5.82 Å². The van der Waals surface area contributed by atoms with Crippen molar-refractivity contribution in [3.63, 3.8) is 0 Å². The number of halogens is 1. The predicted molar refractivity (Wildman–Crippen MR) is 71.1 cm³/mol. The third-order valence-electron chi connectivity index (χ3n) is 3.98. The molecule has 0 amide bonds. The molecular formula is C14H18FN3. The molecule has 0 unspecified atom stereocenters. The predicted octanol–water partition coefficient (Wildman–Crippen LogP) is 3.69. The Morgan fingerprint density at radius 2 is 2.22 bits per heavy atom. The molecule has 2 atom stereocenters. The van der Waals surface area contributed by atoms with Crippen molar-refractivity contribution in [3.05, 3.63) is 24.3 Å². The van der Waals surface area contributed by atoms with Crippen molar-refractivity contribution < 1.29 is 4.39 Å². The third-order valence-corrected chi connectivity index (χ3v) is 3.98. The molecule has 1 aliphatic carbocycles. The SMILES string of the molecule is C[C@@H]1CCCC[C@@H]1Nc1c(F)cnc2[nH]ccc12. The van der Waals surface area contributed by atoms with Gasteiger partial charge < -0.3 is 10.3 Å². The van der Waals surface area contributed by atoms with E-state index in [0.717, 1.165) is 17.5 Å². The van der Waals surface area contributed by atoms with Gasteiger partial charge in [0.05, 0.1) is 11.9 Å². The standard InChI is InChI=1S/C14H18FN3/c1-9-4-2-3-5-12(9)18-13-10-6-7-16-14(10)17-8-11(13)15/h6-9,12H,2-5H2,1H3,(H2,16,17,18)/t9-,12+/m1/s1. The van der Waals surface area contributed by atoms with Gasteiger partial charge in [-0.2, -0.15) is 0 Å². The first-order valence-corrected chi connectivity index (χ1v) is 6.64. The summed E-state index contributed by atoms with van der Waals surface area (Å²) in [6, 6.07) is 2.25. The van der Waals surface area contributed by atoms with Crippen molar-refractivity contribution in [2.24, 2.45) is 5.92 Å². The summed E-state index contributed by atoms with van der Waals surface area (Å²) in [5, 5.41) is 4.23. The highest BCUT2D eigenvalue weighted by molar-refractivity contribution is 5.89. The molecule has 0 aliphatic heterocycles. The first kappa shape index (κ1) is 11.5. The average Bonchev–Trinajstić information content (AvgIpc) is 2.83. The van der Waals surface area contributed by atoms with Crippen LogP contribution in [-0.2, 0) is 0 Å². The minimum Gasteiger partial charge on any atom is -0.379 e. The molecule has 2 aromatic heterocycles. The van der Waals surface area contributed by atoms with Gasteiger partial charge in [-0.1, -0.05) is 19.8 Å². The van der Waals surface area contributed by atoms with Gasteiger partial charge in [0, 0.05) is 17.6 Å². The maximum absolute atomic E-state index is 13.9. The van der Waals surface area contributed by atoms with Crippen LogP contribution >= 0.6 is 0 Å². The highest BCUT2D eigenvalue weighted by atomic mass is 19.1. The van der Waals surface area contributed by atoms with Gasteiger partial charge in [-0.25, -0.2) is 9.37 Å². The van der Waals surface area contributed by atoms with Crippen LogP contribution in [0, 0.1) is 11.7 Å². The summed E-state index contributed by atoms with van der Waals surface area (Å²) in [5.41, 5.74) is 1.34. The van der Waals surface area contributed by atoms with Gasteiger partial charge in [-0.3, -0.25) is 0 Å². The molecule has 96 valence electrons. The molecule has 0 spiro atoms. The number of hydrogen-bond acceptors (Lipinski definition) is 2. The summed E-state index contributed by atoms with van der Waals surface area (Å²) in [6.07, 6.45) is 7.94. The molecule has 1 fully saturated rings. The van der Waals surface area contributed by atoms with Crippen LogP contribution in [0.5, 0.6) is 0 Å². The molecule has 3 nitrogen and oxygen atoms in total. The van der Waals surface area contributed by atoms with Gasteiger partial charge in [0.2, 0.25) is 0 Å². The smallest absolute Gasteiger partial charge is 0.165 e. The first-order valence-electron chi connectivity index (χ1n) is 6.64. The van der Waals surface area contributed by atoms with Crippen LogP contribution in [0.4, 0.5) is 10.1 Å². The maximum Gasteiger partial charge on any atom is 0.165 e. The fourth-order valence-corrected chi connectivity index (χ4v) is 2.85. The molecule has 2 N–H and O–H groups in total. The fourth-order valence-electron chi connectivity index (χ4n) is 2.85. The van der Waals surface area contributed by atoms with Gasteiger partial charge in [0.1, 0.15) is 5.65 Å². The number of fused-ring (bicyclic) bond motifs is 1. The number of hydrogen-bond donors (Lipinski definition) is 2. The molecule has 0 bridgehead atoms. The van der Waals surface area contributed by atoms with Crippen LogP contribution in [0.2, 0.25) is 0 Å². The molecule has 18 heavy (non-hydrogen) atoms. The Morgan fingerprint density at radius 3 is 3.06 bits per heavy atom. The van der Waals surface area contributed by atoms with Gasteiger partial charge in [0.25, 0.3) is 0 Å². The van der Waals surface area contributed by atoms with E-state index in [1.807, 2.05) is 6.07 Å². The molecule has 0 aromatic carbocycles. The van der Waals surface area contributed by atoms with Crippen molar-refractivity contribution >= 4 is 16.7 Å². The Balaban J connectivity index is 1.93. The highest BCUT2D eigenvalue weighted by Crippen LogP contribution is 2.30. The van der Waals surface area contributed by atoms with Gasteiger partial charge in [-0.05, 0) is 24.8 Å². The minimum absolute atomic E-state index is 0.264. The molecule has 3 rings (SSSR count). The number of aromatic amines is 1. The molecule has 1 saturated carbocycles. The number of pyridine rings is 1. The lowest BCUT2D eigenvalue weighted by Crippen LogP contribution is -2.30. The van der Waals surface area contributed by atoms with Gasteiger partial charge in [0.15, 0.2) is 5.82 Å². The lowest BCUT2D eigenvalue weighted by Gasteiger charge is -2.30. The first-order chi connectivity index (χ1) is 8.75. The van der Waals surface area contributed by atoms with E-state index in [4.69, 9.17) is 0 Å². The van der Waals surface area contributed by atoms with Crippen LogP contribution in [0.15, 0.2) is 18.5 Å². The van der Waals surface area contributed by atoms with Crippen LogP contribution in [0.3, 0.4) is 0 Å². The van der Waals surface area contributed by atoms with E-state index in [2.05, 4.69) is 22.2 Å². The Kier molecular flexibility index (Phi) is 2.94. The summed E-state index contributed by atoms with van der Waals surface area (Å²) in [6.45, 7) is 2.24. The molecule has 0 saturated heterocycles. The van der Waals surface area contributed by atoms with Crippen LogP contribution < -0.4 is 5.32 Å². The molecule has 2 heterocycles. The number of nitrogens with zero attached hydrogens (tertiary/aromatic N) is 1. The zero-order valence-corrected chi connectivity index (χ0v) is 10.5. The zero-order valence-electron chi connectivity index (χ0n) is 10.5. The van der Waals surface area contributed by atoms with Crippen LogP contribution in [0.25, 0.3) is 11.0 Å². The average molecular weight is 247 g/mol. The summed E-state index contributed by atoms with van der Waals surface area (Å²) in [5.74, 6) is 0.334. The zero-order chi connectivity index (χ0) is 12.5. The minimum atomic E-state index is -0.264. The lowest BCUT2D eigenvalue weighted by molar-refractivity contribution is 0.349. The number of H-pyrrole nitrogens is 1. The van der Waals surface area contributed by atoms with E-state index in [0.29, 0.717) is 17.6 Å². The highest BCUT2D eigenvalue weighted by Gasteiger charge is 2.23. The summed E-state index contributed by atoms with van der Waals surface area (Å²) in [4.78, 5) is 7.06. The number of anilines is 1. The lowest BCUT2D eigenvalue weighted by atomic mass is 9.86. The molecule has 0 radical (unpaired) electrons. The van der Waals surface area contributed by atoms with E-state index in [1.54, 1.807) is 6.20 Å². The van der Waals surface area contributed by atoms with Crippen molar-refractivity contribution in [3.8, 4) is 0 Å². The Hall–Kier alpha value is -1.58. The van der Waals surface area contributed by atoms with Gasteiger partial charge >= 0.3 is 0 Å². The Morgan fingerprint density at radius 1 is 1.39 bits per heavy atom. The van der Waals surface area contributed by atoms with Gasteiger partial charge in [-0.15, -0.1) is 0 Å². The second kappa shape index (κ2) is 4.59. The molecular weight excluding hydrogens is 229 g/mol. The van der Waals surface area contributed by atoms with E-state index in [1.165, 1.54) is 25.5 Å². The summed E-state index contributed by atoms with van der Waals surface area (Å²) >= 11 is 0. The second-order valence-electron chi connectivity index (χ2n) is 5.23. The molecule has 4 heteroatoms. The number of nitrogens with one attached hydrogen (secondary N) is 2. The number of rotatable bonds is 2. The summed E-state index contributed by atoms with van der Waals surface area (Å²) < 4.78 is 13.9. The van der Waals surface area contributed by atoms with Crippen LogP contribution in [-0.4, -0.2) is 16.0 Å². The van der Waals surface area contributed by atoms with Crippen molar-refractivity contribution in [2.75, 3.05) is 5.32 Å². The Labute approximate surface area is 106 Å². The summed E-state index contributed by atoms with van der Waals surface area (Å²) in [7, 11) is 0. The molecule has 1 aliphatic rings. The van der Waals surface area contributed by atoms with Crippen LogP contribution in [0.1, 0.15) is 32.6 Å². The fraction of sp³-hybridized carbons (Fsp3) is 0.500. The van der Waals surface area contributed by atoms with E-state index >= 15 is 0 Å². The Bertz CT molecular complexity index is 549. The maximum atomic E-state index is 13.9. The quantitative estimate of drug-likeness (QED) is 0.849. The van der Waals surface area contributed by atoms with E-state index in [9.17, 15) is 4.39 Å². The van der Waals surface area contributed by atoms with Crippen molar-refractivity contribution in [1.29, 1.82) is 0 Å². The monoisotopic (exact) mass is 247 g/mol. The normalized spacial score (nSPS) is 24.3.